The molecule has 22 heavy (non-hydrogen) atoms. The number of anilines is 1. The van der Waals surface area contributed by atoms with E-state index >= 15 is 0 Å². The summed E-state index contributed by atoms with van der Waals surface area (Å²) in [5, 5.41) is 0.640. The Balaban J connectivity index is 2.18. The van der Waals surface area contributed by atoms with Crippen LogP contribution >= 0.6 is 23.4 Å². The van der Waals surface area contributed by atoms with Crippen molar-refractivity contribution in [3.8, 4) is 0 Å². The number of amides is 1. The number of nitrogens with zero attached hydrogens (tertiary/aromatic N) is 2. The average Bonchev–Trinajstić information content (AvgIpc) is 2.66. The second-order valence-corrected chi connectivity index (χ2v) is 6.20. The van der Waals surface area contributed by atoms with Crippen molar-refractivity contribution in [2.24, 2.45) is 4.99 Å². The molecule has 0 radical (unpaired) electrons. The van der Waals surface area contributed by atoms with Crippen LogP contribution < -0.4 is 4.90 Å². The second-order valence-electron chi connectivity index (χ2n) is 4.93. The number of benzene rings is 2. The third-order valence-electron chi connectivity index (χ3n) is 3.48. The molecule has 0 aliphatic carbocycles. The lowest BCUT2D eigenvalue weighted by molar-refractivity contribution is -0.117. The molecule has 5 heteroatoms. The number of halogens is 1. The summed E-state index contributed by atoms with van der Waals surface area (Å²) in [6.45, 7) is 0.150. The minimum Gasteiger partial charge on any atom is -0.300 e. The Morgan fingerprint density at radius 1 is 1.23 bits per heavy atom. The number of hydrogen-bond acceptors (Lipinski definition) is 3. The van der Waals surface area contributed by atoms with E-state index in [1.165, 1.54) is 0 Å². The number of rotatable bonds is 3. The van der Waals surface area contributed by atoms with Crippen LogP contribution in [-0.2, 0) is 4.79 Å². The molecule has 0 N–H and O–H groups in total. The van der Waals surface area contributed by atoms with Crippen LogP contribution in [-0.4, -0.2) is 30.3 Å². The maximum absolute atomic E-state index is 12.4. The zero-order valence-corrected chi connectivity index (χ0v) is 13.7. The van der Waals surface area contributed by atoms with Crippen LogP contribution in [0.25, 0.3) is 0 Å². The molecule has 112 valence electrons. The molecule has 2 aromatic rings. The SMILES string of the molecule is CSCN1C(=O)CN=C(c2ccccc2)c2cc(Cl)ccc21. The molecule has 0 bridgehead atoms. The summed E-state index contributed by atoms with van der Waals surface area (Å²) >= 11 is 7.79. The maximum Gasteiger partial charge on any atom is 0.249 e. The fourth-order valence-corrected chi connectivity index (χ4v) is 3.21. The van der Waals surface area contributed by atoms with Gasteiger partial charge in [-0.25, -0.2) is 0 Å². The Morgan fingerprint density at radius 2 is 2.00 bits per heavy atom. The molecule has 0 saturated carbocycles. The lowest BCUT2D eigenvalue weighted by Gasteiger charge is -2.22. The first-order valence-electron chi connectivity index (χ1n) is 6.90. The van der Waals surface area contributed by atoms with Crippen molar-refractivity contribution >= 4 is 40.7 Å². The highest BCUT2D eigenvalue weighted by Crippen LogP contribution is 2.30. The fraction of sp³-hybridized carbons (Fsp3) is 0.176. The monoisotopic (exact) mass is 330 g/mol. The van der Waals surface area contributed by atoms with E-state index in [4.69, 9.17) is 11.6 Å². The first-order chi connectivity index (χ1) is 10.7. The van der Waals surface area contributed by atoms with Crippen LogP contribution in [0, 0.1) is 0 Å². The molecule has 1 aliphatic rings. The molecule has 1 amide bonds. The van der Waals surface area contributed by atoms with Crippen molar-refractivity contribution in [1.29, 1.82) is 0 Å². The predicted octanol–water partition coefficient (Wildman–Crippen LogP) is 3.84. The molecule has 0 aromatic heterocycles. The number of carbonyl (C=O) groups excluding carboxylic acids is 1. The zero-order chi connectivity index (χ0) is 15.5. The van der Waals surface area contributed by atoms with Gasteiger partial charge in [0.15, 0.2) is 0 Å². The van der Waals surface area contributed by atoms with Crippen molar-refractivity contribution < 1.29 is 4.79 Å². The van der Waals surface area contributed by atoms with Crippen molar-refractivity contribution in [1.82, 2.24) is 0 Å². The van der Waals surface area contributed by atoms with Crippen molar-refractivity contribution in [2.45, 2.75) is 0 Å². The lowest BCUT2D eigenvalue weighted by atomic mass is 10.0. The molecule has 2 aromatic carbocycles. The topological polar surface area (TPSA) is 32.7 Å². The number of carbonyl (C=O) groups is 1. The average molecular weight is 331 g/mol. The minimum absolute atomic E-state index is 0.00357. The van der Waals surface area contributed by atoms with Gasteiger partial charge in [0.2, 0.25) is 5.91 Å². The molecule has 0 saturated heterocycles. The van der Waals surface area contributed by atoms with Gasteiger partial charge in [-0.15, -0.1) is 11.8 Å². The zero-order valence-electron chi connectivity index (χ0n) is 12.1. The molecular weight excluding hydrogens is 316 g/mol. The van der Waals surface area contributed by atoms with E-state index in [0.717, 1.165) is 22.5 Å². The predicted molar refractivity (Wildman–Crippen MR) is 94.3 cm³/mol. The Kier molecular flexibility index (Phi) is 4.50. The second kappa shape index (κ2) is 6.55. The Hall–Kier alpha value is -1.78. The summed E-state index contributed by atoms with van der Waals surface area (Å²) in [5.74, 6) is 0.606. The highest BCUT2D eigenvalue weighted by Gasteiger charge is 2.24. The van der Waals surface area contributed by atoms with Crippen molar-refractivity contribution in [3.63, 3.8) is 0 Å². The Bertz CT molecular complexity index is 731. The quantitative estimate of drug-likeness (QED) is 0.856. The fourth-order valence-electron chi connectivity index (χ4n) is 2.50. The normalized spacial score (nSPS) is 14.4. The van der Waals surface area contributed by atoms with Gasteiger partial charge in [-0.2, -0.15) is 0 Å². The number of thioether (sulfide) groups is 1. The Labute approximate surface area is 139 Å². The van der Waals surface area contributed by atoms with E-state index in [9.17, 15) is 4.79 Å². The van der Waals surface area contributed by atoms with E-state index < -0.39 is 0 Å². The first kappa shape index (κ1) is 15.1. The lowest BCUT2D eigenvalue weighted by Crippen LogP contribution is -2.32. The maximum atomic E-state index is 12.4. The van der Waals surface area contributed by atoms with Gasteiger partial charge in [0, 0.05) is 16.1 Å². The minimum atomic E-state index is 0.00357. The summed E-state index contributed by atoms with van der Waals surface area (Å²) in [5.41, 5.74) is 3.57. The molecule has 0 atom stereocenters. The molecule has 3 nitrogen and oxygen atoms in total. The molecule has 0 fully saturated rings. The highest BCUT2D eigenvalue weighted by atomic mass is 35.5. The summed E-state index contributed by atoms with van der Waals surface area (Å²) < 4.78 is 0. The standard InChI is InChI=1S/C17H15ClN2OS/c1-22-11-20-15-8-7-13(18)9-14(15)17(19-10-16(20)21)12-5-3-2-4-6-12/h2-9H,10-11H2,1H3. The molecule has 1 aliphatic heterocycles. The van der Waals surface area contributed by atoms with Crippen LogP contribution in [0.4, 0.5) is 5.69 Å². The van der Waals surface area contributed by atoms with Crippen LogP contribution in [0.1, 0.15) is 11.1 Å². The van der Waals surface area contributed by atoms with Crippen LogP contribution in [0.15, 0.2) is 53.5 Å². The van der Waals surface area contributed by atoms with Gasteiger partial charge in [0.05, 0.1) is 17.3 Å². The van der Waals surface area contributed by atoms with E-state index in [1.807, 2.05) is 54.8 Å². The number of benzodiazepines with no additional fused rings is 1. The third kappa shape index (κ3) is 2.89. The van der Waals surface area contributed by atoms with Gasteiger partial charge in [-0.3, -0.25) is 9.79 Å². The smallest absolute Gasteiger partial charge is 0.249 e. The van der Waals surface area contributed by atoms with E-state index in [-0.39, 0.29) is 12.5 Å². The third-order valence-corrected chi connectivity index (χ3v) is 4.23. The van der Waals surface area contributed by atoms with E-state index in [0.29, 0.717) is 10.9 Å². The number of hydrogen-bond donors (Lipinski definition) is 0. The summed E-state index contributed by atoms with van der Waals surface area (Å²) in [7, 11) is 0. The summed E-state index contributed by atoms with van der Waals surface area (Å²) in [6.07, 6.45) is 1.98. The van der Waals surface area contributed by atoms with E-state index in [1.54, 1.807) is 16.7 Å². The van der Waals surface area contributed by atoms with E-state index in [2.05, 4.69) is 4.99 Å². The van der Waals surface area contributed by atoms with Crippen LogP contribution in [0.5, 0.6) is 0 Å². The van der Waals surface area contributed by atoms with Gasteiger partial charge in [0.25, 0.3) is 0 Å². The first-order valence-corrected chi connectivity index (χ1v) is 8.67. The summed E-state index contributed by atoms with van der Waals surface area (Å²) in [6, 6.07) is 15.5. The highest BCUT2D eigenvalue weighted by molar-refractivity contribution is 7.98. The largest absolute Gasteiger partial charge is 0.300 e. The van der Waals surface area contributed by atoms with Gasteiger partial charge in [-0.05, 0) is 24.5 Å². The van der Waals surface area contributed by atoms with Crippen LogP contribution in [0.2, 0.25) is 5.02 Å². The van der Waals surface area contributed by atoms with Gasteiger partial charge >= 0.3 is 0 Å². The van der Waals surface area contributed by atoms with Gasteiger partial charge in [0.1, 0.15) is 6.54 Å². The number of aliphatic imine (C=N–C) groups is 1. The molecule has 1 heterocycles. The molecule has 3 rings (SSSR count). The van der Waals surface area contributed by atoms with Crippen LogP contribution in [0.3, 0.4) is 0 Å². The van der Waals surface area contributed by atoms with Crippen molar-refractivity contribution in [2.75, 3.05) is 23.6 Å². The van der Waals surface area contributed by atoms with Gasteiger partial charge in [-0.1, -0.05) is 41.9 Å². The molecule has 0 unspecified atom stereocenters. The summed E-state index contributed by atoms with van der Waals surface area (Å²) in [4.78, 5) is 18.7. The van der Waals surface area contributed by atoms with Crippen molar-refractivity contribution in [3.05, 3.63) is 64.7 Å². The number of fused-ring (bicyclic) bond motifs is 1. The molecule has 0 spiro atoms. The molecular formula is C17H15ClN2OS. The Morgan fingerprint density at radius 3 is 2.73 bits per heavy atom. The van der Waals surface area contributed by atoms with Gasteiger partial charge < -0.3 is 4.90 Å².